The molecule has 136 valence electrons. The maximum atomic E-state index is 12.4. The number of hydrogen-bond acceptors (Lipinski definition) is 5. The van der Waals surface area contributed by atoms with Crippen molar-refractivity contribution >= 4 is 17.3 Å². The second-order valence-corrected chi connectivity index (χ2v) is 6.22. The molecule has 8 heteroatoms. The SMILES string of the molecule is Cc1ccc(C[C@@H](C)NC(=O)c2cc([N+](=O)[O-])c(C)c([N+](=O)[O-])c2)cc1. The summed E-state index contributed by atoms with van der Waals surface area (Å²) in [4.78, 5) is 33.2. The van der Waals surface area contributed by atoms with Crippen molar-refractivity contribution in [3.05, 3.63) is 78.9 Å². The highest BCUT2D eigenvalue weighted by Gasteiger charge is 2.25. The van der Waals surface area contributed by atoms with Crippen molar-refractivity contribution in [3.8, 4) is 0 Å². The van der Waals surface area contributed by atoms with Gasteiger partial charge in [0.1, 0.15) is 5.56 Å². The molecule has 2 aromatic carbocycles. The van der Waals surface area contributed by atoms with Crippen LogP contribution in [0.1, 0.15) is 34.0 Å². The highest BCUT2D eigenvalue weighted by Crippen LogP contribution is 2.29. The molecule has 8 nitrogen and oxygen atoms in total. The molecule has 26 heavy (non-hydrogen) atoms. The van der Waals surface area contributed by atoms with Crippen molar-refractivity contribution in [2.24, 2.45) is 0 Å². The number of hydrogen-bond donors (Lipinski definition) is 1. The molecule has 0 spiro atoms. The van der Waals surface area contributed by atoms with E-state index in [0.717, 1.165) is 23.3 Å². The number of aryl methyl sites for hydroxylation is 1. The normalized spacial score (nSPS) is 11.7. The predicted octanol–water partition coefficient (Wildman–Crippen LogP) is 3.48. The Morgan fingerprint density at radius 3 is 2.00 bits per heavy atom. The minimum Gasteiger partial charge on any atom is -0.349 e. The zero-order chi connectivity index (χ0) is 19.4. The van der Waals surface area contributed by atoms with Gasteiger partial charge < -0.3 is 5.32 Å². The first-order valence-electron chi connectivity index (χ1n) is 7.99. The molecule has 0 unspecified atom stereocenters. The average Bonchev–Trinajstić information content (AvgIpc) is 2.56. The van der Waals surface area contributed by atoms with Gasteiger partial charge in [0.25, 0.3) is 17.3 Å². The fourth-order valence-electron chi connectivity index (χ4n) is 2.63. The highest BCUT2D eigenvalue weighted by atomic mass is 16.6. The Bertz CT molecular complexity index is 827. The van der Waals surface area contributed by atoms with Crippen molar-refractivity contribution in [2.45, 2.75) is 33.2 Å². The Morgan fingerprint density at radius 2 is 1.54 bits per heavy atom. The number of nitrogens with one attached hydrogen (secondary N) is 1. The molecule has 0 aromatic heterocycles. The van der Waals surface area contributed by atoms with Gasteiger partial charge in [-0.25, -0.2) is 0 Å². The second-order valence-electron chi connectivity index (χ2n) is 6.22. The number of carbonyl (C=O) groups excluding carboxylic acids is 1. The lowest BCUT2D eigenvalue weighted by Gasteiger charge is -2.14. The van der Waals surface area contributed by atoms with Crippen LogP contribution in [0.4, 0.5) is 11.4 Å². The number of nitro benzene ring substituents is 2. The zero-order valence-electron chi connectivity index (χ0n) is 14.7. The fraction of sp³-hybridized carbons (Fsp3) is 0.278. The summed E-state index contributed by atoms with van der Waals surface area (Å²) in [6.07, 6.45) is 0.571. The minimum atomic E-state index is -0.727. The van der Waals surface area contributed by atoms with Crippen molar-refractivity contribution < 1.29 is 14.6 Å². The first kappa shape index (κ1) is 19.0. The Labute approximate surface area is 150 Å². The monoisotopic (exact) mass is 357 g/mol. The van der Waals surface area contributed by atoms with Crippen LogP contribution in [0.25, 0.3) is 0 Å². The lowest BCUT2D eigenvalue weighted by Crippen LogP contribution is -2.34. The number of rotatable bonds is 6. The van der Waals surface area contributed by atoms with E-state index >= 15 is 0 Å². The van der Waals surface area contributed by atoms with Gasteiger partial charge in [-0.1, -0.05) is 29.8 Å². The molecule has 0 radical (unpaired) electrons. The summed E-state index contributed by atoms with van der Waals surface area (Å²) in [7, 11) is 0. The Hall–Kier alpha value is -3.29. The molecular weight excluding hydrogens is 338 g/mol. The molecular formula is C18H19N3O5. The van der Waals surface area contributed by atoms with Crippen LogP contribution < -0.4 is 5.32 Å². The Balaban J connectivity index is 2.21. The van der Waals surface area contributed by atoms with Crippen LogP contribution in [0.2, 0.25) is 0 Å². The van der Waals surface area contributed by atoms with Gasteiger partial charge in [0.2, 0.25) is 0 Å². The molecule has 0 heterocycles. The summed E-state index contributed by atoms with van der Waals surface area (Å²) in [5.41, 5.74) is 1.08. The van der Waals surface area contributed by atoms with Gasteiger partial charge in [0.05, 0.1) is 15.4 Å². The van der Waals surface area contributed by atoms with Crippen LogP contribution in [0, 0.1) is 34.1 Å². The summed E-state index contributed by atoms with van der Waals surface area (Å²) in [6, 6.07) is 9.74. The molecule has 0 bridgehead atoms. The van der Waals surface area contributed by atoms with E-state index in [-0.39, 0.29) is 17.2 Å². The molecule has 1 atom stereocenters. The number of nitro groups is 2. The summed E-state index contributed by atoms with van der Waals surface area (Å²) >= 11 is 0. The first-order valence-corrected chi connectivity index (χ1v) is 7.99. The summed E-state index contributed by atoms with van der Waals surface area (Å²) in [6.45, 7) is 5.07. The van der Waals surface area contributed by atoms with Gasteiger partial charge in [0.15, 0.2) is 0 Å². The lowest BCUT2D eigenvalue weighted by atomic mass is 10.0. The first-order chi connectivity index (χ1) is 12.2. The van der Waals surface area contributed by atoms with E-state index in [1.807, 2.05) is 31.2 Å². The third kappa shape index (κ3) is 4.41. The summed E-state index contributed by atoms with van der Waals surface area (Å²) in [5.74, 6) is -0.587. The highest BCUT2D eigenvalue weighted by molar-refractivity contribution is 5.96. The van der Waals surface area contributed by atoms with E-state index < -0.39 is 27.1 Å². The molecule has 2 rings (SSSR count). The van der Waals surface area contributed by atoms with E-state index in [0.29, 0.717) is 6.42 Å². The molecule has 1 N–H and O–H groups in total. The van der Waals surface area contributed by atoms with Crippen LogP contribution in [0.5, 0.6) is 0 Å². The molecule has 0 saturated heterocycles. The van der Waals surface area contributed by atoms with Crippen LogP contribution >= 0.6 is 0 Å². The second kappa shape index (κ2) is 7.73. The molecule has 1 amide bonds. The standard InChI is InChI=1S/C18H19N3O5/c1-11-4-6-14(7-5-11)8-12(2)19-18(22)15-9-16(20(23)24)13(3)17(10-15)21(25)26/h4-7,9-10,12H,8H2,1-3H3,(H,19,22)/t12-/m1/s1. The van der Waals surface area contributed by atoms with Crippen molar-refractivity contribution in [1.82, 2.24) is 5.32 Å². The van der Waals surface area contributed by atoms with E-state index in [9.17, 15) is 25.0 Å². The van der Waals surface area contributed by atoms with Crippen LogP contribution in [0.3, 0.4) is 0 Å². The molecule has 0 aliphatic heterocycles. The van der Waals surface area contributed by atoms with Crippen molar-refractivity contribution in [2.75, 3.05) is 0 Å². The van der Waals surface area contributed by atoms with Gasteiger partial charge in [0, 0.05) is 18.2 Å². The Kier molecular flexibility index (Phi) is 5.66. The maximum Gasteiger partial charge on any atom is 0.279 e. The molecule has 2 aromatic rings. The van der Waals surface area contributed by atoms with E-state index in [1.165, 1.54) is 6.92 Å². The predicted molar refractivity (Wildman–Crippen MR) is 96.3 cm³/mol. The van der Waals surface area contributed by atoms with Gasteiger partial charge in [-0.2, -0.15) is 0 Å². The maximum absolute atomic E-state index is 12.4. The Morgan fingerprint density at radius 1 is 1.04 bits per heavy atom. The fourth-order valence-corrected chi connectivity index (χ4v) is 2.63. The molecule has 0 fully saturated rings. The average molecular weight is 357 g/mol. The van der Waals surface area contributed by atoms with Crippen LogP contribution in [-0.2, 0) is 6.42 Å². The van der Waals surface area contributed by atoms with Gasteiger partial charge in [-0.05, 0) is 32.8 Å². The van der Waals surface area contributed by atoms with E-state index in [1.54, 1.807) is 6.92 Å². The van der Waals surface area contributed by atoms with Crippen LogP contribution in [-0.4, -0.2) is 21.8 Å². The van der Waals surface area contributed by atoms with Gasteiger partial charge in [-0.15, -0.1) is 0 Å². The van der Waals surface area contributed by atoms with Crippen molar-refractivity contribution in [1.29, 1.82) is 0 Å². The molecule has 0 aliphatic carbocycles. The smallest absolute Gasteiger partial charge is 0.279 e. The number of amides is 1. The molecule has 0 saturated carbocycles. The number of benzene rings is 2. The summed E-state index contributed by atoms with van der Waals surface area (Å²) < 4.78 is 0. The number of carbonyl (C=O) groups is 1. The van der Waals surface area contributed by atoms with Gasteiger partial charge >= 0.3 is 0 Å². The third-order valence-corrected chi connectivity index (χ3v) is 4.05. The largest absolute Gasteiger partial charge is 0.349 e. The summed E-state index contributed by atoms with van der Waals surface area (Å²) in [5, 5.41) is 25.0. The number of nitrogens with zero attached hydrogens (tertiary/aromatic N) is 2. The zero-order valence-corrected chi connectivity index (χ0v) is 14.7. The minimum absolute atomic E-state index is 0.0794. The molecule has 0 aliphatic rings. The van der Waals surface area contributed by atoms with Crippen molar-refractivity contribution in [3.63, 3.8) is 0 Å². The topological polar surface area (TPSA) is 115 Å². The van der Waals surface area contributed by atoms with E-state index in [4.69, 9.17) is 0 Å². The third-order valence-electron chi connectivity index (χ3n) is 4.05. The quantitative estimate of drug-likeness (QED) is 0.627. The van der Waals surface area contributed by atoms with Gasteiger partial charge in [-0.3, -0.25) is 25.0 Å². The van der Waals surface area contributed by atoms with Crippen LogP contribution in [0.15, 0.2) is 36.4 Å². The lowest BCUT2D eigenvalue weighted by molar-refractivity contribution is -0.395. The van der Waals surface area contributed by atoms with E-state index in [2.05, 4.69) is 5.32 Å².